The lowest BCUT2D eigenvalue weighted by Crippen LogP contribution is -2.10. The number of hydrogen-bond acceptors (Lipinski definition) is 3. The number of nitrogens with one attached hydrogen (secondary N) is 1. The third-order valence-electron chi connectivity index (χ3n) is 3.95. The molecule has 0 unspecified atom stereocenters. The SMILES string of the molecule is CCC1=CC=C(C)C(N/C=C(\N)c2cnn(C)c2C)=CC1. The van der Waals surface area contributed by atoms with Crippen LogP contribution in [0.4, 0.5) is 0 Å². The van der Waals surface area contributed by atoms with Crippen LogP contribution in [0.3, 0.4) is 0 Å². The van der Waals surface area contributed by atoms with Crippen LogP contribution in [0.5, 0.6) is 0 Å². The summed E-state index contributed by atoms with van der Waals surface area (Å²) in [5, 5.41) is 7.54. The molecule has 21 heavy (non-hydrogen) atoms. The molecule has 0 saturated heterocycles. The van der Waals surface area contributed by atoms with Crippen LogP contribution < -0.4 is 11.1 Å². The van der Waals surface area contributed by atoms with Gasteiger partial charge in [0.1, 0.15) is 0 Å². The van der Waals surface area contributed by atoms with E-state index in [0.29, 0.717) is 5.70 Å². The van der Waals surface area contributed by atoms with Gasteiger partial charge in [0, 0.05) is 30.2 Å². The zero-order valence-corrected chi connectivity index (χ0v) is 13.3. The minimum Gasteiger partial charge on any atom is -0.397 e. The van der Waals surface area contributed by atoms with Crippen molar-refractivity contribution < 1.29 is 0 Å². The largest absolute Gasteiger partial charge is 0.397 e. The molecule has 0 bridgehead atoms. The zero-order chi connectivity index (χ0) is 15.4. The van der Waals surface area contributed by atoms with Crippen molar-refractivity contribution in [3.63, 3.8) is 0 Å². The van der Waals surface area contributed by atoms with Gasteiger partial charge in [-0.15, -0.1) is 0 Å². The first-order valence-corrected chi connectivity index (χ1v) is 7.31. The highest BCUT2D eigenvalue weighted by Crippen LogP contribution is 2.19. The topological polar surface area (TPSA) is 55.9 Å². The minimum absolute atomic E-state index is 0.697. The van der Waals surface area contributed by atoms with Crippen LogP contribution in [0.25, 0.3) is 5.70 Å². The van der Waals surface area contributed by atoms with Crippen molar-refractivity contribution in [2.45, 2.75) is 33.6 Å². The number of rotatable bonds is 4. The number of nitrogens with two attached hydrogens (primary N) is 1. The van der Waals surface area contributed by atoms with Gasteiger partial charge in [0.05, 0.1) is 11.9 Å². The van der Waals surface area contributed by atoms with E-state index in [1.165, 1.54) is 11.1 Å². The van der Waals surface area contributed by atoms with Crippen molar-refractivity contribution in [1.29, 1.82) is 0 Å². The molecule has 0 amide bonds. The lowest BCUT2D eigenvalue weighted by Gasteiger charge is -2.08. The van der Waals surface area contributed by atoms with Crippen molar-refractivity contribution in [2.75, 3.05) is 0 Å². The molecule has 1 aromatic rings. The normalized spacial score (nSPS) is 16.0. The van der Waals surface area contributed by atoms with Gasteiger partial charge in [-0.3, -0.25) is 4.68 Å². The molecule has 112 valence electrons. The van der Waals surface area contributed by atoms with E-state index in [2.05, 4.69) is 42.5 Å². The molecule has 3 N–H and O–H groups in total. The van der Waals surface area contributed by atoms with Gasteiger partial charge in [-0.25, -0.2) is 0 Å². The third-order valence-corrected chi connectivity index (χ3v) is 3.95. The quantitative estimate of drug-likeness (QED) is 0.893. The van der Waals surface area contributed by atoms with Crippen molar-refractivity contribution in [3.05, 3.63) is 58.7 Å². The molecule has 0 radical (unpaired) electrons. The lowest BCUT2D eigenvalue weighted by molar-refractivity contribution is 0.739. The van der Waals surface area contributed by atoms with Crippen LogP contribution in [-0.2, 0) is 7.05 Å². The number of aromatic nitrogens is 2. The first-order chi connectivity index (χ1) is 10.0. The Balaban J connectivity index is 2.14. The smallest absolute Gasteiger partial charge is 0.0586 e. The fourth-order valence-corrected chi connectivity index (χ4v) is 2.25. The molecule has 0 saturated carbocycles. The Morgan fingerprint density at radius 3 is 2.81 bits per heavy atom. The molecule has 1 aliphatic rings. The highest BCUT2D eigenvalue weighted by molar-refractivity contribution is 5.64. The second kappa shape index (κ2) is 6.48. The van der Waals surface area contributed by atoms with Gasteiger partial charge in [0.25, 0.3) is 0 Å². The Bertz CT molecular complexity index is 642. The fraction of sp³-hybridized carbons (Fsp3) is 0.353. The lowest BCUT2D eigenvalue weighted by atomic mass is 10.1. The number of allylic oxidation sites excluding steroid dienone is 5. The van der Waals surface area contributed by atoms with Crippen molar-refractivity contribution in [2.24, 2.45) is 12.8 Å². The maximum absolute atomic E-state index is 6.15. The molecule has 0 spiro atoms. The van der Waals surface area contributed by atoms with Crippen molar-refractivity contribution in [3.8, 4) is 0 Å². The second-order valence-corrected chi connectivity index (χ2v) is 5.36. The standard InChI is InChI=1S/C17H24N4/c1-5-14-7-6-12(2)17(9-8-14)19-11-16(18)15-10-20-21(4)13(15)3/h6-7,9-11,19H,5,8,18H2,1-4H3/b16-11-. The molecular weight excluding hydrogens is 260 g/mol. The van der Waals surface area contributed by atoms with Gasteiger partial charge < -0.3 is 11.1 Å². The summed E-state index contributed by atoms with van der Waals surface area (Å²) in [4.78, 5) is 0. The van der Waals surface area contributed by atoms with Gasteiger partial charge in [0.2, 0.25) is 0 Å². The van der Waals surface area contributed by atoms with Gasteiger partial charge in [0.15, 0.2) is 0 Å². The Hall–Kier alpha value is -2.23. The fourth-order valence-electron chi connectivity index (χ4n) is 2.25. The van der Waals surface area contributed by atoms with Gasteiger partial charge in [-0.1, -0.05) is 30.7 Å². The average molecular weight is 284 g/mol. The van der Waals surface area contributed by atoms with Crippen LogP contribution in [0, 0.1) is 6.92 Å². The second-order valence-electron chi connectivity index (χ2n) is 5.36. The summed E-state index contributed by atoms with van der Waals surface area (Å²) in [6.07, 6.45) is 12.3. The number of aryl methyl sites for hydroxylation is 1. The van der Waals surface area contributed by atoms with Gasteiger partial charge >= 0.3 is 0 Å². The summed E-state index contributed by atoms with van der Waals surface area (Å²) in [6, 6.07) is 0. The predicted molar refractivity (Wildman–Crippen MR) is 88.1 cm³/mol. The Morgan fingerprint density at radius 2 is 2.19 bits per heavy atom. The van der Waals surface area contributed by atoms with E-state index in [0.717, 1.165) is 29.8 Å². The zero-order valence-electron chi connectivity index (χ0n) is 13.3. The van der Waals surface area contributed by atoms with Gasteiger partial charge in [-0.05, 0) is 32.3 Å². The molecule has 2 rings (SSSR count). The van der Waals surface area contributed by atoms with Gasteiger partial charge in [-0.2, -0.15) is 5.10 Å². The van der Waals surface area contributed by atoms with Crippen molar-refractivity contribution in [1.82, 2.24) is 15.1 Å². The predicted octanol–water partition coefficient (Wildman–Crippen LogP) is 3.15. The molecular formula is C17H24N4. The van der Waals surface area contributed by atoms with Crippen LogP contribution >= 0.6 is 0 Å². The van der Waals surface area contributed by atoms with E-state index in [-0.39, 0.29) is 0 Å². The molecule has 4 heteroatoms. The highest BCUT2D eigenvalue weighted by atomic mass is 15.3. The molecule has 1 aromatic heterocycles. The molecule has 0 fully saturated rings. The maximum atomic E-state index is 6.15. The monoisotopic (exact) mass is 284 g/mol. The summed E-state index contributed by atoms with van der Waals surface area (Å²) in [7, 11) is 1.91. The summed E-state index contributed by atoms with van der Waals surface area (Å²) in [6.45, 7) is 6.30. The molecule has 0 atom stereocenters. The first kappa shape index (κ1) is 15.2. The highest BCUT2D eigenvalue weighted by Gasteiger charge is 2.07. The summed E-state index contributed by atoms with van der Waals surface area (Å²) < 4.78 is 1.82. The minimum atomic E-state index is 0.697. The summed E-state index contributed by atoms with van der Waals surface area (Å²) in [5.41, 5.74) is 12.6. The molecule has 0 aliphatic heterocycles. The third kappa shape index (κ3) is 3.45. The molecule has 1 aliphatic carbocycles. The van der Waals surface area contributed by atoms with Crippen LogP contribution in [0.1, 0.15) is 37.9 Å². The number of hydrogen-bond donors (Lipinski definition) is 2. The van der Waals surface area contributed by atoms with Crippen LogP contribution in [0.15, 0.2) is 47.5 Å². The van der Waals surface area contributed by atoms with E-state index < -0.39 is 0 Å². The summed E-state index contributed by atoms with van der Waals surface area (Å²) in [5.74, 6) is 0. The van der Waals surface area contributed by atoms with E-state index in [1.807, 2.05) is 24.9 Å². The van der Waals surface area contributed by atoms with E-state index >= 15 is 0 Å². The average Bonchev–Trinajstić information content (AvgIpc) is 2.70. The Labute approximate surface area is 126 Å². The van der Waals surface area contributed by atoms with E-state index in [4.69, 9.17) is 5.73 Å². The first-order valence-electron chi connectivity index (χ1n) is 7.31. The van der Waals surface area contributed by atoms with Crippen molar-refractivity contribution >= 4 is 5.70 Å². The maximum Gasteiger partial charge on any atom is 0.0586 e. The molecule has 1 heterocycles. The Kier molecular flexibility index (Phi) is 4.68. The summed E-state index contributed by atoms with van der Waals surface area (Å²) >= 11 is 0. The van der Waals surface area contributed by atoms with E-state index in [9.17, 15) is 0 Å². The number of nitrogens with zero attached hydrogens (tertiary/aromatic N) is 2. The molecule has 4 nitrogen and oxygen atoms in total. The van der Waals surface area contributed by atoms with Crippen LogP contribution in [-0.4, -0.2) is 9.78 Å². The van der Waals surface area contributed by atoms with Crippen LogP contribution in [0.2, 0.25) is 0 Å². The Morgan fingerprint density at radius 1 is 1.43 bits per heavy atom. The van der Waals surface area contributed by atoms with E-state index in [1.54, 1.807) is 6.20 Å². The molecule has 0 aromatic carbocycles.